The summed E-state index contributed by atoms with van der Waals surface area (Å²) in [5.74, 6) is -0.485. The highest BCUT2D eigenvalue weighted by molar-refractivity contribution is 6.31. The summed E-state index contributed by atoms with van der Waals surface area (Å²) >= 11 is 6.45. The molecule has 0 saturated carbocycles. The summed E-state index contributed by atoms with van der Waals surface area (Å²) < 4.78 is 7.34. The van der Waals surface area contributed by atoms with Crippen molar-refractivity contribution in [3.05, 3.63) is 82.0 Å². The number of carbonyl (C=O) groups excluding carboxylic acids is 1. The summed E-state index contributed by atoms with van der Waals surface area (Å²) in [6.45, 7) is 3.66. The third kappa shape index (κ3) is 4.66. The Morgan fingerprint density at radius 1 is 1.21 bits per heavy atom. The minimum absolute atomic E-state index is 0.219. The van der Waals surface area contributed by atoms with Gasteiger partial charge in [0, 0.05) is 23.5 Å². The minimum Gasteiger partial charge on any atom is -0.466 e. The van der Waals surface area contributed by atoms with Crippen molar-refractivity contribution in [2.45, 2.75) is 19.8 Å². The minimum atomic E-state index is -0.496. The Morgan fingerprint density at radius 2 is 1.97 bits per heavy atom. The monoisotopic (exact) mass is 459 g/mol. The van der Waals surface area contributed by atoms with Crippen molar-refractivity contribution in [3.63, 3.8) is 0 Å². The summed E-state index contributed by atoms with van der Waals surface area (Å²) in [5, 5.41) is 18.0. The van der Waals surface area contributed by atoms with Crippen LogP contribution in [0.5, 0.6) is 5.88 Å². The highest BCUT2D eigenvalue weighted by Gasteiger charge is 2.18. The number of aryl methyl sites for hydroxylation is 3. The number of ether oxygens (including phenoxy) is 1. The van der Waals surface area contributed by atoms with E-state index in [1.807, 2.05) is 50.2 Å². The third-order valence-corrected chi connectivity index (χ3v) is 5.61. The van der Waals surface area contributed by atoms with Crippen LogP contribution in [0.3, 0.4) is 0 Å². The SMILES string of the molecule is Cc1cc(C)c2c(OCC(=O)Nc3ccc(C(C#N)c4ccccc4)c(Cl)c3)nn(C)c2n1. The maximum atomic E-state index is 12.5. The number of rotatable bonds is 6. The number of hydrogen-bond acceptors (Lipinski definition) is 5. The van der Waals surface area contributed by atoms with E-state index < -0.39 is 5.92 Å². The molecule has 1 unspecified atom stereocenters. The van der Waals surface area contributed by atoms with E-state index in [1.54, 1.807) is 29.9 Å². The van der Waals surface area contributed by atoms with Crippen LogP contribution in [0.15, 0.2) is 54.6 Å². The van der Waals surface area contributed by atoms with Crippen LogP contribution in [0.2, 0.25) is 5.02 Å². The Hall–Kier alpha value is -3.89. The molecule has 0 aliphatic rings. The van der Waals surface area contributed by atoms with Gasteiger partial charge in [-0.15, -0.1) is 5.10 Å². The van der Waals surface area contributed by atoms with Gasteiger partial charge in [-0.05, 0) is 48.7 Å². The lowest BCUT2D eigenvalue weighted by atomic mass is 9.92. The highest BCUT2D eigenvalue weighted by atomic mass is 35.5. The molecule has 7 nitrogen and oxygen atoms in total. The molecule has 4 aromatic rings. The average molecular weight is 460 g/mol. The van der Waals surface area contributed by atoms with Crippen LogP contribution in [0.4, 0.5) is 5.69 Å². The first-order valence-electron chi connectivity index (χ1n) is 10.3. The van der Waals surface area contributed by atoms with E-state index in [9.17, 15) is 10.1 Å². The summed E-state index contributed by atoms with van der Waals surface area (Å²) in [5.41, 5.74) is 4.62. The van der Waals surface area contributed by atoms with Gasteiger partial charge in [0.15, 0.2) is 12.3 Å². The van der Waals surface area contributed by atoms with Gasteiger partial charge in [-0.3, -0.25) is 4.79 Å². The van der Waals surface area contributed by atoms with Crippen molar-refractivity contribution in [1.29, 1.82) is 5.26 Å². The number of nitrogens with one attached hydrogen (secondary N) is 1. The Kier molecular flexibility index (Phi) is 6.29. The molecule has 4 rings (SSSR count). The van der Waals surface area contributed by atoms with Crippen molar-refractivity contribution < 1.29 is 9.53 Å². The molecular formula is C25H22ClN5O2. The normalized spacial score (nSPS) is 11.7. The molecule has 2 heterocycles. The zero-order chi connectivity index (χ0) is 23.5. The lowest BCUT2D eigenvalue weighted by Gasteiger charge is -2.13. The number of nitriles is 1. The zero-order valence-corrected chi connectivity index (χ0v) is 19.2. The highest BCUT2D eigenvalue weighted by Crippen LogP contribution is 2.32. The molecule has 2 aromatic heterocycles. The Morgan fingerprint density at radius 3 is 2.67 bits per heavy atom. The zero-order valence-electron chi connectivity index (χ0n) is 18.5. The molecule has 0 spiro atoms. The van der Waals surface area contributed by atoms with Crippen LogP contribution in [-0.2, 0) is 11.8 Å². The number of benzene rings is 2. The molecule has 1 amide bonds. The smallest absolute Gasteiger partial charge is 0.262 e. The second kappa shape index (κ2) is 9.31. The van der Waals surface area contributed by atoms with Crippen LogP contribution in [0.25, 0.3) is 11.0 Å². The first-order chi connectivity index (χ1) is 15.9. The van der Waals surface area contributed by atoms with E-state index in [4.69, 9.17) is 16.3 Å². The summed E-state index contributed by atoms with van der Waals surface area (Å²) in [6, 6.07) is 18.8. The molecule has 1 N–H and O–H groups in total. The molecule has 0 saturated heterocycles. The van der Waals surface area contributed by atoms with E-state index >= 15 is 0 Å². The fourth-order valence-electron chi connectivity index (χ4n) is 3.79. The molecule has 0 radical (unpaired) electrons. The van der Waals surface area contributed by atoms with Crippen LogP contribution < -0.4 is 10.1 Å². The number of anilines is 1. The number of carbonyl (C=O) groups is 1. The van der Waals surface area contributed by atoms with E-state index in [0.717, 1.165) is 22.2 Å². The number of fused-ring (bicyclic) bond motifs is 1. The van der Waals surface area contributed by atoms with E-state index in [2.05, 4.69) is 21.5 Å². The molecule has 2 aromatic carbocycles. The number of pyridine rings is 1. The van der Waals surface area contributed by atoms with E-state index in [0.29, 0.717) is 27.8 Å². The maximum Gasteiger partial charge on any atom is 0.262 e. The predicted molar refractivity (Wildman–Crippen MR) is 127 cm³/mol. The molecule has 0 fully saturated rings. The Balaban J connectivity index is 1.46. The summed E-state index contributed by atoms with van der Waals surface area (Å²) in [4.78, 5) is 17.0. The lowest BCUT2D eigenvalue weighted by Crippen LogP contribution is -2.20. The number of hydrogen-bond donors (Lipinski definition) is 1. The quantitative estimate of drug-likeness (QED) is 0.442. The van der Waals surface area contributed by atoms with Crippen molar-refractivity contribution in [2.24, 2.45) is 7.05 Å². The van der Waals surface area contributed by atoms with Gasteiger partial charge >= 0.3 is 0 Å². The van der Waals surface area contributed by atoms with Crippen molar-refractivity contribution in [2.75, 3.05) is 11.9 Å². The first kappa shape index (κ1) is 22.3. The molecule has 0 aliphatic heterocycles. The van der Waals surface area contributed by atoms with E-state index in [-0.39, 0.29) is 12.5 Å². The van der Waals surface area contributed by atoms with Crippen LogP contribution in [0, 0.1) is 25.2 Å². The van der Waals surface area contributed by atoms with Crippen LogP contribution >= 0.6 is 11.6 Å². The van der Waals surface area contributed by atoms with Gasteiger partial charge in [0.25, 0.3) is 5.91 Å². The van der Waals surface area contributed by atoms with Gasteiger partial charge in [0.2, 0.25) is 5.88 Å². The van der Waals surface area contributed by atoms with Crippen molar-refractivity contribution >= 4 is 34.2 Å². The summed E-state index contributed by atoms with van der Waals surface area (Å²) in [7, 11) is 1.79. The van der Waals surface area contributed by atoms with Gasteiger partial charge < -0.3 is 10.1 Å². The molecule has 0 bridgehead atoms. The fourth-order valence-corrected chi connectivity index (χ4v) is 4.08. The first-order valence-corrected chi connectivity index (χ1v) is 10.7. The predicted octanol–water partition coefficient (Wildman–Crippen LogP) is 4.91. The lowest BCUT2D eigenvalue weighted by molar-refractivity contribution is -0.118. The van der Waals surface area contributed by atoms with E-state index in [1.165, 1.54) is 0 Å². The Bertz CT molecular complexity index is 1380. The van der Waals surface area contributed by atoms with Gasteiger partial charge in [-0.2, -0.15) is 5.26 Å². The topological polar surface area (TPSA) is 92.8 Å². The second-order valence-electron chi connectivity index (χ2n) is 7.75. The average Bonchev–Trinajstić information content (AvgIpc) is 3.10. The van der Waals surface area contributed by atoms with Crippen molar-refractivity contribution in [3.8, 4) is 11.9 Å². The summed E-state index contributed by atoms with van der Waals surface area (Å²) in [6.07, 6.45) is 0. The molecule has 166 valence electrons. The van der Waals surface area contributed by atoms with Crippen LogP contribution in [0.1, 0.15) is 28.3 Å². The molecule has 8 heteroatoms. The molecular weight excluding hydrogens is 438 g/mol. The maximum absolute atomic E-state index is 12.5. The number of halogens is 1. The largest absolute Gasteiger partial charge is 0.466 e. The fraction of sp³-hybridized carbons (Fsp3) is 0.200. The van der Waals surface area contributed by atoms with Gasteiger partial charge in [0.1, 0.15) is 0 Å². The standard InChI is InChI=1S/C25H22ClN5O2/c1-15-11-16(2)28-24-23(15)25(30-31(24)3)33-14-22(32)29-18-9-10-19(21(26)12-18)20(13-27)17-7-5-4-6-8-17/h4-12,20H,14H2,1-3H3,(H,29,32). The number of aromatic nitrogens is 3. The van der Waals surface area contributed by atoms with Gasteiger partial charge in [-0.1, -0.05) is 48.0 Å². The molecule has 33 heavy (non-hydrogen) atoms. The number of nitrogens with zero attached hydrogens (tertiary/aromatic N) is 4. The molecule has 1 atom stereocenters. The Labute approximate surface area is 196 Å². The van der Waals surface area contributed by atoms with Crippen molar-refractivity contribution in [1.82, 2.24) is 14.8 Å². The third-order valence-electron chi connectivity index (χ3n) is 5.28. The molecule has 0 aliphatic carbocycles. The van der Waals surface area contributed by atoms with Gasteiger partial charge in [-0.25, -0.2) is 9.67 Å². The van der Waals surface area contributed by atoms with Gasteiger partial charge in [0.05, 0.1) is 17.4 Å². The number of amides is 1. The second-order valence-corrected chi connectivity index (χ2v) is 8.16. The van der Waals surface area contributed by atoms with Crippen LogP contribution in [-0.4, -0.2) is 27.3 Å².